The second-order valence-electron chi connectivity index (χ2n) is 6.97. The van der Waals surface area contributed by atoms with Gasteiger partial charge in [-0.25, -0.2) is 13.4 Å². The summed E-state index contributed by atoms with van der Waals surface area (Å²) in [6.45, 7) is 2.18. The zero-order chi connectivity index (χ0) is 18.7. The Morgan fingerprint density at radius 1 is 1.15 bits per heavy atom. The highest BCUT2D eigenvalue weighted by molar-refractivity contribution is 7.89. The van der Waals surface area contributed by atoms with E-state index in [1.54, 1.807) is 12.1 Å². The third-order valence-electron chi connectivity index (χ3n) is 5.16. The Hall–Kier alpha value is -1.97. The fourth-order valence-electron chi connectivity index (χ4n) is 3.60. The predicted octanol–water partition coefficient (Wildman–Crippen LogP) is 2.03. The maximum absolute atomic E-state index is 12.6. The minimum Gasteiger partial charge on any atom is -0.379 e. The van der Waals surface area contributed by atoms with Crippen molar-refractivity contribution >= 4 is 15.8 Å². The third-order valence-corrected chi connectivity index (χ3v) is 7.04. The number of nitrogens with one attached hydrogen (secondary N) is 1. The summed E-state index contributed by atoms with van der Waals surface area (Å²) in [6, 6.07) is 5.84. The summed E-state index contributed by atoms with van der Waals surface area (Å²) >= 11 is 0. The van der Waals surface area contributed by atoms with Gasteiger partial charge in [-0.15, -0.1) is 0 Å². The number of anilines is 1. The average molecular weight is 391 g/mol. The summed E-state index contributed by atoms with van der Waals surface area (Å²) in [6.07, 6.45) is 8.41. The lowest BCUT2D eigenvalue weighted by Gasteiger charge is -2.25. The number of pyridine rings is 1. The van der Waals surface area contributed by atoms with Crippen LogP contribution in [0.1, 0.15) is 37.4 Å². The van der Waals surface area contributed by atoms with Crippen LogP contribution in [0.5, 0.6) is 0 Å². The first-order valence-corrected chi connectivity index (χ1v) is 10.9. The van der Waals surface area contributed by atoms with E-state index >= 15 is 0 Å². The van der Waals surface area contributed by atoms with Crippen LogP contribution in [0.15, 0.2) is 35.5 Å². The lowest BCUT2D eigenvalue weighted by molar-refractivity contribution is 0.0730. The van der Waals surface area contributed by atoms with Crippen LogP contribution in [-0.2, 0) is 21.3 Å². The number of aromatic nitrogens is 3. The molecular weight excluding hydrogens is 366 g/mol. The Labute approximate surface area is 159 Å². The standard InChI is InChI=1S/C18H25N5O3S/c24-27(25,22-9-11-26-12-10-22)17-5-6-18(20-14-17)19-13-15-7-8-23(21-15)16-3-1-2-4-16/h5-8,14,16H,1-4,9-13H2,(H,19,20). The van der Waals surface area contributed by atoms with Crippen molar-refractivity contribution in [3.05, 3.63) is 36.3 Å². The summed E-state index contributed by atoms with van der Waals surface area (Å²) < 4.78 is 33.9. The van der Waals surface area contributed by atoms with E-state index in [2.05, 4.69) is 20.1 Å². The highest BCUT2D eigenvalue weighted by atomic mass is 32.2. The Kier molecular flexibility index (Phi) is 5.42. The first-order chi connectivity index (χ1) is 13.1. The molecule has 0 atom stereocenters. The molecule has 146 valence electrons. The molecule has 1 saturated heterocycles. The molecule has 0 bridgehead atoms. The summed E-state index contributed by atoms with van der Waals surface area (Å²) in [4.78, 5) is 4.47. The van der Waals surface area contributed by atoms with Crippen LogP contribution in [0.3, 0.4) is 0 Å². The second kappa shape index (κ2) is 7.95. The molecule has 0 spiro atoms. The quantitative estimate of drug-likeness (QED) is 0.810. The second-order valence-corrected chi connectivity index (χ2v) is 8.91. The van der Waals surface area contributed by atoms with Gasteiger partial charge in [-0.2, -0.15) is 9.40 Å². The minimum atomic E-state index is -3.50. The molecule has 9 heteroatoms. The van der Waals surface area contributed by atoms with E-state index in [1.807, 2.05) is 12.3 Å². The zero-order valence-corrected chi connectivity index (χ0v) is 16.1. The normalized spacial score (nSPS) is 19.4. The van der Waals surface area contributed by atoms with Gasteiger partial charge in [0.25, 0.3) is 0 Å². The van der Waals surface area contributed by atoms with Crippen LogP contribution in [0.4, 0.5) is 5.82 Å². The number of nitrogens with zero attached hydrogens (tertiary/aromatic N) is 4. The Bertz CT molecular complexity index is 853. The number of hydrogen-bond donors (Lipinski definition) is 1. The minimum absolute atomic E-state index is 0.209. The van der Waals surface area contributed by atoms with Crippen LogP contribution in [0.2, 0.25) is 0 Å². The van der Waals surface area contributed by atoms with Crippen molar-refractivity contribution in [2.45, 2.75) is 43.2 Å². The molecular formula is C18H25N5O3S. The van der Waals surface area contributed by atoms with Gasteiger partial charge >= 0.3 is 0 Å². The van der Waals surface area contributed by atoms with Crippen molar-refractivity contribution in [2.75, 3.05) is 31.6 Å². The van der Waals surface area contributed by atoms with E-state index in [9.17, 15) is 8.42 Å². The van der Waals surface area contributed by atoms with E-state index in [-0.39, 0.29) is 4.90 Å². The van der Waals surface area contributed by atoms with Gasteiger partial charge in [0.05, 0.1) is 31.5 Å². The van der Waals surface area contributed by atoms with Crippen molar-refractivity contribution in [2.24, 2.45) is 0 Å². The number of sulfonamides is 1. The van der Waals surface area contributed by atoms with Gasteiger partial charge < -0.3 is 10.1 Å². The first-order valence-electron chi connectivity index (χ1n) is 9.45. The van der Waals surface area contributed by atoms with Crippen LogP contribution in [0.25, 0.3) is 0 Å². The lowest BCUT2D eigenvalue weighted by Crippen LogP contribution is -2.40. The molecule has 1 aliphatic heterocycles. The molecule has 27 heavy (non-hydrogen) atoms. The highest BCUT2D eigenvalue weighted by Crippen LogP contribution is 2.28. The van der Waals surface area contributed by atoms with Crippen molar-refractivity contribution in [3.63, 3.8) is 0 Å². The molecule has 2 aromatic rings. The molecule has 1 saturated carbocycles. The first kappa shape index (κ1) is 18.4. The van der Waals surface area contributed by atoms with Gasteiger partial charge in [0.15, 0.2) is 0 Å². The van der Waals surface area contributed by atoms with Crippen molar-refractivity contribution in [1.82, 2.24) is 19.1 Å². The molecule has 2 aliphatic rings. The average Bonchev–Trinajstić information content (AvgIpc) is 3.39. The Balaban J connectivity index is 1.36. The SMILES string of the molecule is O=S(=O)(c1ccc(NCc2ccn(C3CCCC3)n2)nc1)N1CCOCC1. The lowest BCUT2D eigenvalue weighted by atomic mass is 10.3. The van der Waals surface area contributed by atoms with E-state index in [1.165, 1.54) is 36.2 Å². The summed E-state index contributed by atoms with van der Waals surface area (Å²) in [5.74, 6) is 0.631. The van der Waals surface area contributed by atoms with Crippen LogP contribution in [0, 0.1) is 0 Å². The third kappa shape index (κ3) is 4.15. The largest absolute Gasteiger partial charge is 0.379 e. The highest BCUT2D eigenvalue weighted by Gasteiger charge is 2.26. The van der Waals surface area contributed by atoms with E-state index < -0.39 is 10.0 Å². The number of ether oxygens (including phenoxy) is 1. The van der Waals surface area contributed by atoms with Gasteiger partial charge in [-0.1, -0.05) is 12.8 Å². The molecule has 0 unspecified atom stereocenters. The van der Waals surface area contributed by atoms with Crippen molar-refractivity contribution in [1.29, 1.82) is 0 Å². The molecule has 2 fully saturated rings. The smallest absolute Gasteiger partial charge is 0.244 e. The van der Waals surface area contributed by atoms with E-state index in [0.29, 0.717) is 44.7 Å². The van der Waals surface area contributed by atoms with Gasteiger partial charge in [0, 0.05) is 25.5 Å². The Morgan fingerprint density at radius 3 is 2.63 bits per heavy atom. The maximum Gasteiger partial charge on any atom is 0.244 e. The molecule has 4 rings (SSSR count). The monoisotopic (exact) mass is 391 g/mol. The molecule has 1 N–H and O–H groups in total. The molecule has 1 aliphatic carbocycles. The number of morpholine rings is 1. The van der Waals surface area contributed by atoms with Gasteiger partial charge in [0.1, 0.15) is 10.7 Å². The predicted molar refractivity (Wildman–Crippen MR) is 101 cm³/mol. The molecule has 2 aromatic heterocycles. The zero-order valence-electron chi connectivity index (χ0n) is 15.2. The summed E-state index contributed by atoms with van der Waals surface area (Å²) in [5.41, 5.74) is 0.953. The molecule has 0 amide bonds. The number of rotatable bonds is 6. The summed E-state index contributed by atoms with van der Waals surface area (Å²) in [5, 5.41) is 7.84. The Morgan fingerprint density at radius 2 is 1.93 bits per heavy atom. The van der Waals surface area contributed by atoms with Crippen molar-refractivity contribution in [3.8, 4) is 0 Å². The topological polar surface area (TPSA) is 89.3 Å². The molecule has 0 radical (unpaired) electrons. The van der Waals surface area contributed by atoms with E-state index in [4.69, 9.17) is 4.74 Å². The fraction of sp³-hybridized carbons (Fsp3) is 0.556. The van der Waals surface area contributed by atoms with Gasteiger partial charge in [0.2, 0.25) is 10.0 Å². The molecule has 8 nitrogen and oxygen atoms in total. The van der Waals surface area contributed by atoms with Crippen molar-refractivity contribution < 1.29 is 13.2 Å². The fourth-order valence-corrected chi connectivity index (χ4v) is 4.95. The van der Waals surface area contributed by atoms with Gasteiger partial charge in [-0.05, 0) is 31.0 Å². The van der Waals surface area contributed by atoms with Gasteiger partial charge in [-0.3, -0.25) is 4.68 Å². The van der Waals surface area contributed by atoms with Crippen LogP contribution in [-0.4, -0.2) is 53.8 Å². The molecule has 3 heterocycles. The molecule has 0 aromatic carbocycles. The maximum atomic E-state index is 12.6. The van der Waals surface area contributed by atoms with Crippen LogP contribution >= 0.6 is 0 Å². The number of hydrogen-bond acceptors (Lipinski definition) is 6. The van der Waals surface area contributed by atoms with E-state index in [0.717, 1.165) is 5.69 Å². The van der Waals surface area contributed by atoms with Crippen LogP contribution < -0.4 is 5.32 Å². The summed E-state index contributed by atoms with van der Waals surface area (Å²) in [7, 11) is -3.50.